The molecule has 0 aliphatic carbocycles. The van der Waals surface area contributed by atoms with Gasteiger partial charge in [0, 0.05) is 17.0 Å². The lowest BCUT2D eigenvalue weighted by Gasteiger charge is -2.08. The van der Waals surface area contributed by atoms with Gasteiger partial charge in [-0.15, -0.1) is 0 Å². The van der Waals surface area contributed by atoms with Gasteiger partial charge in [0.15, 0.2) is 5.17 Å². The van der Waals surface area contributed by atoms with E-state index in [1.807, 2.05) is 30.3 Å². The number of thioether (sulfide) groups is 2. The number of alkyl halides is 2. The first kappa shape index (κ1) is 19.4. The number of nitrogens with zero attached hydrogens (tertiary/aromatic N) is 1. The van der Waals surface area contributed by atoms with Crippen molar-refractivity contribution in [3.05, 3.63) is 54.6 Å². The van der Waals surface area contributed by atoms with Gasteiger partial charge >= 0.3 is 0 Å². The van der Waals surface area contributed by atoms with E-state index in [0.717, 1.165) is 0 Å². The second-order valence-electron chi connectivity index (χ2n) is 5.50. The van der Waals surface area contributed by atoms with Crippen LogP contribution in [0.25, 0.3) is 0 Å². The summed E-state index contributed by atoms with van der Waals surface area (Å²) in [5, 5.41) is 5.22. The smallest absolute Gasteiger partial charge is 0.288 e. The van der Waals surface area contributed by atoms with Crippen molar-refractivity contribution < 1.29 is 18.4 Å². The minimum absolute atomic E-state index is 0.0160. The number of aliphatic imine (C=N–C) groups is 1. The van der Waals surface area contributed by atoms with Crippen molar-refractivity contribution in [3.63, 3.8) is 0 Å². The van der Waals surface area contributed by atoms with Crippen molar-refractivity contribution in [2.45, 2.75) is 22.3 Å². The van der Waals surface area contributed by atoms with Gasteiger partial charge in [0.25, 0.3) is 5.76 Å². The standard InChI is InChI=1S/C18H15F2N3O2S2/c19-17(20)26-13-8-6-12(7-9-13)21-15(24)10-14-16(25)23-18(27-14)22-11-4-2-1-3-5-11/h1-9,14,17H,10H2,(H,21,24)(H,22,23,25)/t14-/m1/s1. The van der Waals surface area contributed by atoms with Crippen LogP contribution in [0.2, 0.25) is 0 Å². The number of para-hydroxylation sites is 1. The molecular weight excluding hydrogens is 392 g/mol. The average Bonchev–Trinajstić information content (AvgIpc) is 2.96. The highest BCUT2D eigenvalue weighted by Crippen LogP contribution is 2.27. The molecule has 2 amide bonds. The molecule has 2 aromatic rings. The third-order valence-electron chi connectivity index (χ3n) is 3.50. The predicted molar refractivity (Wildman–Crippen MR) is 105 cm³/mol. The van der Waals surface area contributed by atoms with E-state index < -0.39 is 11.0 Å². The van der Waals surface area contributed by atoms with Crippen molar-refractivity contribution in [2.24, 2.45) is 4.99 Å². The Hall–Kier alpha value is -2.39. The fourth-order valence-electron chi connectivity index (χ4n) is 2.31. The Bertz CT molecular complexity index is 845. The second kappa shape index (κ2) is 9.01. The highest BCUT2D eigenvalue weighted by Gasteiger charge is 2.32. The maximum atomic E-state index is 12.3. The van der Waals surface area contributed by atoms with E-state index in [2.05, 4.69) is 15.6 Å². The number of halogens is 2. The lowest BCUT2D eigenvalue weighted by molar-refractivity contribution is -0.122. The molecule has 1 atom stereocenters. The fourth-order valence-corrected chi connectivity index (χ4v) is 3.80. The van der Waals surface area contributed by atoms with Gasteiger partial charge in [-0.3, -0.25) is 9.59 Å². The molecule has 2 N–H and O–H groups in total. The first-order valence-corrected chi connectivity index (χ1v) is 9.71. The molecule has 0 bridgehead atoms. The predicted octanol–water partition coefficient (Wildman–Crippen LogP) is 4.25. The van der Waals surface area contributed by atoms with Crippen molar-refractivity contribution in [1.82, 2.24) is 5.32 Å². The SMILES string of the molecule is O=C(C[C@H]1SC(=Nc2ccccc2)NC1=O)Nc1ccc(SC(F)F)cc1. The number of anilines is 1. The largest absolute Gasteiger partial charge is 0.326 e. The van der Waals surface area contributed by atoms with Crippen LogP contribution in [0.15, 0.2) is 64.5 Å². The van der Waals surface area contributed by atoms with Crippen molar-refractivity contribution in [2.75, 3.05) is 5.32 Å². The molecule has 3 rings (SSSR count). The summed E-state index contributed by atoms with van der Waals surface area (Å²) in [7, 11) is 0. The topological polar surface area (TPSA) is 70.6 Å². The van der Waals surface area contributed by atoms with Crippen LogP contribution in [0.1, 0.15) is 6.42 Å². The summed E-state index contributed by atoms with van der Waals surface area (Å²) in [5.41, 5.74) is 1.20. The summed E-state index contributed by atoms with van der Waals surface area (Å²) in [6.07, 6.45) is -0.0160. The zero-order valence-corrected chi connectivity index (χ0v) is 15.5. The molecule has 2 aromatic carbocycles. The molecule has 0 radical (unpaired) electrons. The van der Waals surface area contributed by atoms with E-state index in [1.165, 1.54) is 23.9 Å². The average molecular weight is 407 g/mol. The minimum atomic E-state index is -2.49. The Kier molecular flexibility index (Phi) is 6.46. The molecular formula is C18H15F2N3O2S2. The van der Waals surface area contributed by atoms with E-state index >= 15 is 0 Å². The van der Waals surface area contributed by atoms with E-state index in [9.17, 15) is 18.4 Å². The molecule has 0 spiro atoms. The van der Waals surface area contributed by atoms with Crippen LogP contribution in [0.5, 0.6) is 0 Å². The molecule has 1 aliphatic rings. The quantitative estimate of drug-likeness (QED) is 0.703. The lowest BCUT2D eigenvalue weighted by Crippen LogP contribution is -2.28. The number of benzene rings is 2. The molecule has 0 aromatic heterocycles. The highest BCUT2D eigenvalue weighted by atomic mass is 32.2. The second-order valence-corrected chi connectivity index (χ2v) is 7.76. The van der Waals surface area contributed by atoms with Gasteiger partial charge in [0.05, 0.1) is 5.69 Å². The maximum Gasteiger partial charge on any atom is 0.288 e. The maximum absolute atomic E-state index is 12.3. The number of hydrogen-bond acceptors (Lipinski definition) is 5. The summed E-state index contributed by atoms with van der Waals surface area (Å²) < 4.78 is 24.6. The Labute approximate surface area is 163 Å². The monoisotopic (exact) mass is 407 g/mol. The van der Waals surface area contributed by atoms with Gasteiger partial charge in [-0.05, 0) is 36.4 Å². The number of carbonyl (C=O) groups excluding carboxylic acids is 2. The molecule has 1 fully saturated rings. The van der Waals surface area contributed by atoms with Crippen LogP contribution in [-0.4, -0.2) is 28.0 Å². The molecule has 0 saturated carbocycles. The summed E-state index contributed by atoms with van der Waals surface area (Å²) in [6, 6.07) is 15.3. The number of hydrogen-bond donors (Lipinski definition) is 2. The molecule has 0 unspecified atom stereocenters. The Morgan fingerprint density at radius 1 is 1.19 bits per heavy atom. The Morgan fingerprint density at radius 2 is 1.89 bits per heavy atom. The van der Waals surface area contributed by atoms with Gasteiger partial charge in [0.2, 0.25) is 11.8 Å². The summed E-state index contributed by atoms with van der Waals surface area (Å²) in [6.45, 7) is 0. The Balaban J connectivity index is 1.55. The normalized spacial score (nSPS) is 18.0. The van der Waals surface area contributed by atoms with Gasteiger partial charge in [0.1, 0.15) is 5.25 Å². The van der Waals surface area contributed by atoms with Gasteiger partial charge in [-0.25, -0.2) is 4.99 Å². The van der Waals surface area contributed by atoms with E-state index in [1.54, 1.807) is 12.1 Å². The Morgan fingerprint density at radius 3 is 2.56 bits per heavy atom. The molecule has 27 heavy (non-hydrogen) atoms. The first-order valence-electron chi connectivity index (χ1n) is 7.95. The number of amidine groups is 1. The molecule has 9 heteroatoms. The molecule has 5 nitrogen and oxygen atoms in total. The van der Waals surface area contributed by atoms with Crippen molar-refractivity contribution in [3.8, 4) is 0 Å². The zero-order chi connectivity index (χ0) is 19.2. The third-order valence-corrected chi connectivity index (χ3v) is 5.30. The number of nitrogens with one attached hydrogen (secondary N) is 2. The number of amides is 2. The summed E-state index contributed by atoms with van der Waals surface area (Å²) in [5.74, 6) is -3.10. The van der Waals surface area contributed by atoms with Crippen LogP contribution in [0.3, 0.4) is 0 Å². The number of carbonyl (C=O) groups is 2. The van der Waals surface area contributed by atoms with Crippen LogP contribution in [0.4, 0.5) is 20.2 Å². The summed E-state index contributed by atoms with van der Waals surface area (Å²) >= 11 is 1.64. The molecule has 1 aliphatic heterocycles. The third kappa shape index (κ3) is 5.80. The van der Waals surface area contributed by atoms with Gasteiger partial charge < -0.3 is 10.6 Å². The zero-order valence-electron chi connectivity index (χ0n) is 13.9. The molecule has 140 valence electrons. The minimum Gasteiger partial charge on any atom is -0.326 e. The molecule has 1 saturated heterocycles. The van der Waals surface area contributed by atoms with Gasteiger partial charge in [-0.1, -0.05) is 41.7 Å². The fraction of sp³-hybridized carbons (Fsp3) is 0.167. The van der Waals surface area contributed by atoms with E-state index in [0.29, 0.717) is 33.2 Å². The lowest BCUT2D eigenvalue weighted by atomic mass is 10.2. The van der Waals surface area contributed by atoms with Crippen LogP contribution >= 0.6 is 23.5 Å². The first-order chi connectivity index (χ1) is 13.0. The van der Waals surface area contributed by atoms with Crippen molar-refractivity contribution >= 4 is 51.9 Å². The van der Waals surface area contributed by atoms with Crippen LogP contribution in [0, 0.1) is 0 Å². The van der Waals surface area contributed by atoms with Crippen molar-refractivity contribution in [1.29, 1.82) is 0 Å². The highest BCUT2D eigenvalue weighted by molar-refractivity contribution is 8.15. The van der Waals surface area contributed by atoms with E-state index in [4.69, 9.17) is 0 Å². The summed E-state index contributed by atoms with van der Waals surface area (Å²) in [4.78, 5) is 29.0. The van der Waals surface area contributed by atoms with Gasteiger partial charge in [-0.2, -0.15) is 8.78 Å². The van der Waals surface area contributed by atoms with E-state index in [-0.39, 0.29) is 18.2 Å². The molecule has 1 heterocycles. The van der Waals surface area contributed by atoms with Crippen LogP contribution < -0.4 is 10.6 Å². The number of rotatable bonds is 6. The van der Waals surface area contributed by atoms with Crippen LogP contribution in [-0.2, 0) is 9.59 Å².